The van der Waals surface area contributed by atoms with Crippen molar-refractivity contribution in [1.82, 2.24) is 10.6 Å². The zero-order chi connectivity index (χ0) is 19.0. The molecule has 0 aliphatic carbocycles. The SMILES string of the molecule is CCNC(=NCCCNc1ccccc1)NCCCOCC1CCOCC1. The third-order valence-corrected chi connectivity index (χ3v) is 4.50. The number of rotatable bonds is 12. The van der Waals surface area contributed by atoms with Crippen LogP contribution in [0.1, 0.15) is 32.6 Å². The molecule has 6 heteroatoms. The summed E-state index contributed by atoms with van der Waals surface area (Å²) in [5.41, 5.74) is 1.16. The lowest BCUT2D eigenvalue weighted by molar-refractivity contribution is 0.0203. The number of anilines is 1. The van der Waals surface area contributed by atoms with Gasteiger partial charge in [-0.1, -0.05) is 18.2 Å². The van der Waals surface area contributed by atoms with Gasteiger partial charge in [-0.25, -0.2) is 0 Å². The van der Waals surface area contributed by atoms with E-state index in [1.807, 2.05) is 18.2 Å². The summed E-state index contributed by atoms with van der Waals surface area (Å²) in [5.74, 6) is 1.57. The van der Waals surface area contributed by atoms with E-state index < -0.39 is 0 Å². The lowest BCUT2D eigenvalue weighted by Crippen LogP contribution is -2.38. The Morgan fingerprint density at radius 1 is 1.11 bits per heavy atom. The first-order valence-corrected chi connectivity index (χ1v) is 10.3. The van der Waals surface area contributed by atoms with E-state index in [1.54, 1.807) is 0 Å². The number of hydrogen-bond acceptors (Lipinski definition) is 4. The summed E-state index contributed by atoms with van der Waals surface area (Å²) < 4.78 is 11.2. The van der Waals surface area contributed by atoms with E-state index in [1.165, 1.54) is 0 Å². The monoisotopic (exact) mass is 376 g/mol. The number of para-hydroxylation sites is 1. The Kier molecular flexibility index (Phi) is 11.4. The molecule has 2 rings (SSSR count). The van der Waals surface area contributed by atoms with Gasteiger partial charge in [0, 0.05) is 58.3 Å². The standard InChI is InChI=1S/C21H36N4O2/c1-2-22-21(24-13-6-12-23-20-8-4-3-5-9-20)25-14-7-15-27-18-19-10-16-26-17-11-19/h3-5,8-9,19,23H,2,6-7,10-18H2,1H3,(H2,22,24,25). The highest BCUT2D eigenvalue weighted by Gasteiger charge is 2.13. The van der Waals surface area contributed by atoms with Crippen LogP contribution in [0, 0.1) is 5.92 Å². The van der Waals surface area contributed by atoms with E-state index in [0.717, 1.165) is 89.9 Å². The average Bonchev–Trinajstić information content (AvgIpc) is 2.71. The largest absolute Gasteiger partial charge is 0.385 e. The molecule has 1 aromatic rings. The van der Waals surface area contributed by atoms with Crippen LogP contribution in [-0.4, -0.2) is 58.6 Å². The van der Waals surface area contributed by atoms with Crippen LogP contribution in [0.3, 0.4) is 0 Å². The second-order valence-electron chi connectivity index (χ2n) is 6.82. The average molecular weight is 377 g/mol. The summed E-state index contributed by atoms with van der Waals surface area (Å²) in [6.45, 7) is 9.00. The maximum Gasteiger partial charge on any atom is 0.191 e. The first kappa shape index (κ1) is 21.5. The summed E-state index contributed by atoms with van der Waals surface area (Å²) in [6, 6.07) is 10.3. The number of nitrogens with zero attached hydrogens (tertiary/aromatic N) is 1. The van der Waals surface area contributed by atoms with Gasteiger partial charge < -0.3 is 25.4 Å². The topological polar surface area (TPSA) is 66.9 Å². The van der Waals surface area contributed by atoms with Gasteiger partial charge in [-0.05, 0) is 50.7 Å². The van der Waals surface area contributed by atoms with Crippen molar-refractivity contribution < 1.29 is 9.47 Å². The van der Waals surface area contributed by atoms with E-state index >= 15 is 0 Å². The summed E-state index contributed by atoms with van der Waals surface area (Å²) in [7, 11) is 0. The molecule has 27 heavy (non-hydrogen) atoms. The molecule has 0 aromatic heterocycles. The Morgan fingerprint density at radius 3 is 2.70 bits per heavy atom. The third-order valence-electron chi connectivity index (χ3n) is 4.50. The molecule has 1 heterocycles. The fourth-order valence-electron chi connectivity index (χ4n) is 2.94. The zero-order valence-electron chi connectivity index (χ0n) is 16.7. The van der Waals surface area contributed by atoms with Crippen LogP contribution in [0.2, 0.25) is 0 Å². The first-order valence-electron chi connectivity index (χ1n) is 10.3. The van der Waals surface area contributed by atoms with Crippen LogP contribution >= 0.6 is 0 Å². The molecule has 1 fully saturated rings. The summed E-state index contributed by atoms with van der Waals surface area (Å²) >= 11 is 0. The summed E-state index contributed by atoms with van der Waals surface area (Å²) in [6.07, 6.45) is 4.26. The number of guanidine groups is 1. The molecule has 1 aliphatic heterocycles. The Bertz CT molecular complexity index is 504. The smallest absolute Gasteiger partial charge is 0.191 e. The molecule has 1 aliphatic rings. The molecular formula is C21H36N4O2. The number of ether oxygens (including phenoxy) is 2. The first-order chi connectivity index (χ1) is 13.4. The van der Waals surface area contributed by atoms with Crippen LogP contribution in [0.25, 0.3) is 0 Å². The van der Waals surface area contributed by atoms with E-state index in [-0.39, 0.29) is 0 Å². The van der Waals surface area contributed by atoms with E-state index in [0.29, 0.717) is 5.92 Å². The van der Waals surface area contributed by atoms with Gasteiger partial charge in [0.2, 0.25) is 0 Å². The molecule has 152 valence electrons. The van der Waals surface area contributed by atoms with Crippen LogP contribution in [0.5, 0.6) is 0 Å². The minimum Gasteiger partial charge on any atom is -0.385 e. The number of benzene rings is 1. The molecule has 0 spiro atoms. The van der Waals surface area contributed by atoms with Gasteiger partial charge in [0.05, 0.1) is 0 Å². The lowest BCUT2D eigenvalue weighted by atomic mass is 10.0. The molecule has 0 unspecified atom stereocenters. The maximum absolute atomic E-state index is 5.81. The predicted molar refractivity (Wildman–Crippen MR) is 113 cm³/mol. The molecular weight excluding hydrogens is 340 g/mol. The Hall–Kier alpha value is -1.79. The molecule has 6 nitrogen and oxygen atoms in total. The van der Waals surface area contributed by atoms with Gasteiger partial charge in [0.25, 0.3) is 0 Å². The molecule has 3 N–H and O–H groups in total. The van der Waals surface area contributed by atoms with Crippen molar-refractivity contribution in [3.05, 3.63) is 30.3 Å². The maximum atomic E-state index is 5.81. The van der Waals surface area contributed by atoms with Crippen molar-refractivity contribution in [3.63, 3.8) is 0 Å². The second-order valence-corrected chi connectivity index (χ2v) is 6.82. The Morgan fingerprint density at radius 2 is 1.93 bits per heavy atom. The van der Waals surface area contributed by atoms with Crippen LogP contribution in [0.4, 0.5) is 5.69 Å². The van der Waals surface area contributed by atoms with Crippen LogP contribution < -0.4 is 16.0 Å². The van der Waals surface area contributed by atoms with Crippen molar-refractivity contribution in [3.8, 4) is 0 Å². The van der Waals surface area contributed by atoms with Crippen molar-refractivity contribution in [2.75, 3.05) is 57.9 Å². The highest BCUT2D eigenvalue weighted by Crippen LogP contribution is 2.14. The third kappa shape index (κ3) is 10.2. The molecule has 0 radical (unpaired) electrons. The van der Waals surface area contributed by atoms with Crippen molar-refractivity contribution >= 4 is 11.6 Å². The molecule has 0 amide bonds. The molecule has 1 saturated heterocycles. The molecule has 1 aromatic carbocycles. The van der Waals surface area contributed by atoms with Gasteiger partial charge in [0.1, 0.15) is 0 Å². The Labute approximate surface area is 164 Å². The van der Waals surface area contributed by atoms with Crippen molar-refractivity contribution in [2.24, 2.45) is 10.9 Å². The quantitative estimate of drug-likeness (QED) is 0.297. The normalized spacial score (nSPS) is 15.5. The van der Waals surface area contributed by atoms with Gasteiger partial charge in [-0.15, -0.1) is 0 Å². The van der Waals surface area contributed by atoms with E-state index in [9.17, 15) is 0 Å². The summed E-state index contributed by atoms with van der Waals surface area (Å²) in [5, 5.41) is 10.1. The van der Waals surface area contributed by atoms with Gasteiger partial charge in [0.15, 0.2) is 5.96 Å². The molecule has 0 atom stereocenters. The van der Waals surface area contributed by atoms with E-state index in [2.05, 4.69) is 40.0 Å². The highest BCUT2D eigenvalue weighted by atomic mass is 16.5. The molecule has 0 bridgehead atoms. The predicted octanol–water partition coefficient (Wildman–Crippen LogP) is 2.88. The molecule has 0 saturated carbocycles. The second kappa shape index (κ2) is 14.3. The van der Waals surface area contributed by atoms with Gasteiger partial charge >= 0.3 is 0 Å². The van der Waals surface area contributed by atoms with Gasteiger partial charge in [-0.3, -0.25) is 4.99 Å². The fourth-order valence-corrected chi connectivity index (χ4v) is 2.94. The minimum atomic E-state index is 0.676. The van der Waals surface area contributed by atoms with Crippen molar-refractivity contribution in [1.29, 1.82) is 0 Å². The van der Waals surface area contributed by atoms with Gasteiger partial charge in [-0.2, -0.15) is 0 Å². The lowest BCUT2D eigenvalue weighted by Gasteiger charge is -2.21. The van der Waals surface area contributed by atoms with Crippen molar-refractivity contribution in [2.45, 2.75) is 32.6 Å². The zero-order valence-corrected chi connectivity index (χ0v) is 16.7. The number of nitrogens with one attached hydrogen (secondary N) is 3. The number of hydrogen-bond donors (Lipinski definition) is 3. The Balaban J connectivity index is 1.50. The summed E-state index contributed by atoms with van der Waals surface area (Å²) in [4.78, 5) is 4.64. The number of aliphatic imine (C=N–C) groups is 1. The fraction of sp³-hybridized carbons (Fsp3) is 0.667. The van der Waals surface area contributed by atoms with Crippen LogP contribution in [-0.2, 0) is 9.47 Å². The highest BCUT2D eigenvalue weighted by molar-refractivity contribution is 5.79. The minimum absolute atomic E-state index is 0.676. The van der Waals surface area contributed by atoms with Crippen LogP contribution in [0.15, 0.2) is 35.3 Å². The van der Waals surface area contributed by atoms with E-state index in [4.69, 9.17) is 9.47 Å².